The van der Waals surface area contributed by atoms with Crippen LogP contribution in [0.5, 0.6) is 0 Å². The van der Waals surface area contributed by atoms with Gasteiger partial charge in [-0.25, -0.2) is 14.8 Å². The van der Waals surface area contributed by atoms with Crippen LogP contribution in [0.25, 0.3) is 11.1 Å². The second-order valence-electron chi connectivity index (χ2n) is 5.45. The Morgan fingerprint density at radius 2 is 1.83 bits per heavy atom. The van der Waals surface area contributed by atoms with Gasteiger partial charge < -0.3 is 10.4 Å². The second kappa shape index (κ2) is 6.91. The third kappa shape index (κ3) is 3.57. The molecule has 0 bridgehead atoms. The van der Waals surface area contributed by atoms with E-state index in [1.165, 1.54) is 6.33 Å². The van der Waals surface area contributed by atoms with Gasteiger partial charge >= 0.3 is 5.97 Å². The molecule has 5 nitrogen and oxygen atoms in total. The van der Waals surface area contributed by atoms with Gasteiger partial charge in [-0.05, 0) is 29.7 Å². The number of carboxylic acids is 1. The van der Waals surface area contributed by atoms with Crippen molar-refractivity contribution in [1.29, 1.82) is 0 Å². The molecule has 0 saturated heterocycles. The van der Waals surface area contributed by atoms with Crippen molar-refractivity contribution in [3.63, 3.8) is 0 Å². The van der Waals surface area contributed by atoms with E-state index >= 15 is 0 Å². The molecular weight excluding hydrogens is 302 g/mol. The molecule has 1 heterocycles. The average molecular weight is 319 g/mol. The van der Waals surface area contributed by atoms with Gasteiger partial charge in [0.2, 0.25) is 0 Å². The minimum atomic E-state index is -0.921. The molecule has 24 heavy (non-hydrogen) atoms. The number of carbonyl (C=O) groups is 1. The van der Waals surface area contributed by atoms with Crippen LogP contribution < -0.4 is 5.32 Å². The van der Waals surface area contributed by atoms with E-state index in [0.29, 0.717) is 12.1 Å². The summed E-state index contributed by atoms with van der Waals surface area (Å²) in [5.74, 6) is -0.140. The Hall–Kier alpha value is -3.21. The van der Waals surface area contributed by atoms with Crippen LogP contribution in [0.4, 0.5) is 5.82 Å². The van der Waals surface area contributed by atoms with Crippen molar-refractivity contribution in [3.05, 3.63) is 77.7 Å². The zero-order valence-electron chi connectivity index (χ0n) is 13.2. The molecule has 0 aliphatic heterocycles. The number of hydrogen-bond acceptors (Lipinski definition) is 4. The number of nitrogens with zero attached hydrogens (tertiary/aromatic N) is 2. The van der Waals surface area contributed by atoms with E-state index in [9.17, 15) is 9.90 Å². The third-order valence-electron chi connectivity index (χ3n) is 3.70. The fourth-order valence-corrected chi connectivity index (χ4v) is 2.47. The first-order valence-corrected chi connectivity index (χ1v) is 7.57. The number of anilines is 1. The molecule has 0 radical (unpaired) electrons. The molecular formula is C19H17N3O2. The minimum absolute atomic E-state index is 0.305. The summed E-state index contributed by atoms with van der Waals surface area (Å²) < 4.78 is 0. The Morgan fingerprint density at radius 3 is 2.54 bits per heavy atom. The molecule has 0 unspecified atom stereocenters. The Labute approximate surface area is 140 Å². The van der Waals surface area contributed by atoms with Gasteiger partial charge in [-0.1, -0.05) is 42.5 Å². The van der Waals surface area contributed by atoms with E-state index in [-0.39, 0.29) is 0 Å². The lowest BCUT2D eigenvalue weighted by molar-refractivity contribution is 0.0697. The number of carboxylic acid groups (broad SMARTS) is 1. The van der Waals surface area contributed by atoms with Gasteiger partial charge in [0.15, 0.2) is 0 Å². The van der Waals surface area contributed by atoms with Crippen molar-refractivity contribution >= 4 is 11.8 Å². The van der Waals surface area contributed by atoms with E-state index in [1.807, 2.05) is 49.4 Å². The normalized spacial score (nSPS) is 10.4. The molecule has 120 valence electrons. The molecule has 0 saturated carbocycles. The number of aromatic nitrogens is 2. The fourth-order valence-electron chi connectivity index (χ4n) is 2.47. The largest absolute Gasteiger partial charge is 0.478 e. The molecule has 0 atom stereocenters. The quantitative estimate of drug-likeness (QED) is 0.749. The van der Waals surface area contributed by atoms with Crippen LogP contribution in [0.15, 0.2) is 60.9 Å². The van der Waals surface area contributed by atoms with Gasteiger partial charge in [-0.15, -0.1) is 0 Å². The van der Waals surface area contributed by atoms with Gasteiger partial charge in [-0.3, -0.25) is 0 Å². The first kappa shape index (κ1) is 15.7. The third-order valence-corrected chi connectivity index (χ3v) is 3.70. The number of nitrogens with one attached hydrogen (secondary N) is 1. The SMILES string of the molecule is Cc1cc(NCc2ccc(-c3ccccc3C(=O)O)cc2)ncn1. The summed E-state index contributed by atoms with van der Waals surface area (Å²) >= 11 is 0. The van der Waals surface area contributed by atoms with Crippen LogP contribution >= 0.6 is 0 Å². The molecule has 0 amide bonds. The molecule has 0 aliphatic rings. The summed E-state index contributed by atoms with van der Waals surface area (Å²) in [4.78, 5) is 19.6. The maximum absolute atomic E-state index is 11.3. The number of aryl methyl sites for hydroxylation is 1. The second-order valence-corrected chi connectivity index (χ2v) is 5.45. The molecule has 2 aromatic carbocycles. The molecule has 3 rings (SSSR count). The molecule has 5 heteroatoms. The molecule has 1 aromatic heterocycles. The van der Waals surface area contributed by atoms with Gasteiger partial charge in [0, 0.05) is 18.3 Å². The first-order chi connectivity index (χ1) is 11.6. The molecule has 0 aliphatic carbocycles. The Bertz CT molecular complexity index is 860. The topological polar surface area (TPSA) is 75.1 Å². The number of benzene rings is 2. The standard InChI is InChI=1S/C19H17N3O2/c1-13-10-18(22-12-21-13)20-11-14-6-8-15(9-7-14)16-4-2-3-5-17(16)19(23)24/h2-10,12H,11H2,1H3,(H,23,24)(H,20,21,22). The number of rotatable bonds is 5. The van der Waals surface area contributed by atoms with E-state index in [0.717, 1.165) is 28.2 Å². The van der Waals surface area contributed by atoms with Gasteiger partial charge in [0.25, 0.3) is 0 Å². The fraction of sp³-hybridized carbons (Fsp3) is 0.105. The summed E-state index contributed by atoms with van der Waals surface area (Å²) in [5.41, 5.74) is 3.90. The summed E-state index contributed by atoms with van der Waals surface area (Å²) in [6, 6.07) is 16.7. The average Bonchev–Trinajstić information content (AvgIpc) is 2.60. The molecule has 3 aromatic rings. The smallest absolute Gasteiger partial charge is 0.336 e. The maximum atomic E-state index is 11.3. The van der Waals surface area contributed by atoms with Crippen molar-refractivity contribution in [1.82, 2.24) is 9.97 Å². The lowest BCUT2D eigenvalue weighted by Crippen LogP contribution is -2.02. The highest BCUT2D eigenvalue weighted by Crippen LogP contribution is 2.24. The zero-order chi connectivity index (χ0) is 16.9. The minimum Gasteiger partial charge on any atom is -0.478 e. The van der Waals surface area contributed by atoms with Gasteiger partial charge in [-0.2, -0.15) is 0 Å². The Morgan fingerprint density at radius 1 is 1.08 bits per heavy atom. The number of aromatic carboxylic acids is 1. The van der Waals surface area contributed by atoms with Crippen LogP contribution in [0, 0.1) is 6.92 Å². The summed E-state index contributed by atoms with van der Waals surface area (Å²) in [6.45, 7) is 2.55. The van der Waals surface area contributed by atoms with E-state index in [4.69, 9.17) is 0 Å². The molecule has 0 spiro atoms. The highest BCUT2D eigenvalue weighted by atomic mass is 16.4. The van der Waals surface area contributed by atoms with Crippen molar-refractivity contribution in [3.8, 4) is 11.1 Å². The molecule has 2 N–H and O–H groups in total. The van der Waals surface area contributed by atoms with E-state index in [1.54, 1.807) is 12.1 Å². The van der Waals surface area contributed by atoms with Crippen molar-refractivity contribution in [2.24, 2.45) is 0 Å². The van der Waals surface area contributed by atoms with E-state index in [2.05, 4.69) is 15.3 Å². The lowest BCUT2D eigenvalue weighted by atomic mass is 9.99. The van der Waals surface area contributed by atoms with E-state index < -0.39 is 5.97 Å². The molecule has 0 fully saturated rings. The van der Waals surface area contributed by atoms with Crippen LogP contribution in [0.2, 0.25) is 0 Å². The van der Waals surface area contributed by atoms with Crippen LogP contribution in [0.1, 0.15) is 21.6 Å². The van der Waals surface area contributed by atoms with Gasteiger partial charge in [0.05, 0.1) is 5.56 Å². The predicted octanol–water partition coefficient (Wildman–Crippen LogP) is 3.76. The van der Waals surface area contributed by atoms with Crippen molar-refractivity contribution < 1.29 is 9.90 Å². The highest BCUT2D eigenvalue weighted by molar-refractivity contribution is 5.95. The summed E-state index contributed by atoms with van der Waals surface area (Å²) in [7, 11) is 0. The van der Waals surface area contributed by atoms with Crippen LogP contribution in [-0.4, -0.2) is 21.0 Å². The van der Waals surface area contributed by atoms with Crippen molar-refractivity contribution in [2.75, 3.05) is 5.32 Å². The zero-order valence-corrected chi connectivity index (χ0v) is 13.2. The monoisotopic (exact) mass is 319 g/mol. The number of hydrogen-bond donors (Lipinski definition) is 2. The summed E-state index contributed by atoms with van der Waals surface area (Å²) in [6.07, 6.45) is 1.53. The lowest BCUT2D eigenvalue weighted by Gasteiger charge is -2.09. The van der Waals surface area contributed by atoms with Crippen LogP contribution in [-0.2, 0) is 6.54 Å². The first-order valence-electron chi connectivity index (χ1n) is 7.57. The Balaban J connectivity index is 1.75. The van der Waals surface area contributed by atoms with Crippen molar-refractivity contribution in [2.45, 2.75) is 13.5 Å². The van der Waals surface area contributed by atoms with Crippen LogP contribution in [0.3, 0.4) is 0 Å². The van der Waals surface area contributed by atoms with Gasteiger partial charge in [0.1, 0.15) is 12.1 Å². The maximum Gasteiger partial charge on any atom is 0.336 e. The predicted molar refractivity (Wildman–Crippen MR) is 92.9 cm³/mol. The summed E-state index contributed by atoms with van der Waals surface area (Å²) in [5, 5.41) is 12.5. The highest BCUT2D eigenvalue weighted by Gasteiger charge is 2.10. The Kier molecular flexibility index (Phi) is 4.52.